The van der Waals surface area contributed by atoms with Gasteiger partial charge in [-0.05, 0) is 17.7 Å². The maximum Gasteiger partial charge on any atom is 0.194 e. The number of hydrogen-bond donors (Lipinski definition) is 1. The Hall–Kier alpha value is -2.29. The van der Waals surface area contributed by atoms with Crippen LogP contribution in [0.2, 0.25) is 0 Å². The summed E-state index contributed by atoms with van der Waals surface area (Å²) >= 11 is 0. The number of benzene rings is 1. The van der Waals surface area contributed by atoms with Gasteiger partial charge in [-0.25, -0.2) is 0 Å². The SMILES string of the molecule is c1cncc(CNc2cc3ccccc3o2)c1. The van der Waals surface area contributed by atoms with Crippen LogP contribution in [0.4, 0.5) is 5.88 Å². The number of hydrogen-bond acceptors (Lipinski definition) is 3. The number of nitrogens with zero attached hydrogens (tertiary/aromatic N) is 1. The minimum Gasteiger partial charge on any atom is -0.441 e. The summed E-state index contributed by atoms with van der Waals surface area (Å²) in [6.45, 7) is 0.716. The smallest absolute Gasteiger partial charge is 0.194 e. The maximum absolute atomic E-state index is 5.66. The van der Waals surface area contributed by atoms with E-state index >= 15 is 0 Å². The zero-order chi connectivity index (χ0) is 11.5. The van der Waals surface area contributed by atoms with E-state index in [0.29, 0.717) is 6.54 Å². The molecule has 0 fully saturated rings. The van der Waals surface area contributed by atoms with Gasteiger partial charge in [0.05, 0.1) is 0 Å². The highest BCUT2D eigenvalue weighted by atomic mass is 16.3. The molecule has 1 aromatic carbocycles. The van der Waals surface area contributed by atoms with E-state index in [9.17, 15) is 0 Å². The van der Waals surface area contributed by atoms with Gasteiger partial charge in [0.15, 0.2) is 5.88 Å². The molecule has 0 atom stereocenters. The van der Waals surface area contributed by atoms with Gasteiger partial charge in [0.1, 0.15) is 5.58 Å². The number of aromatic nitrogens is 1. The highest BCUT2D eigenvalue weighted by molar-refractivity contribution is 5.80. The average molecular weight is 224 g/mol. The summed E-state index contributed by atoms with van der Waals surface area (Å²) in [5, 5.41) is 4.36. The lowest BCUT2D eigenvalue weighted by Crippen LogP contribution is -1.97. The van der Waals surface area contributed by atoms with Gasteiger partial charge in [0, 0.05) is 30.4 Å². The third-order valence-corrected chi connectivity index (χ3v) is 2.62. The molecule has 17 heavy (non-hydrogen) atoms. The second-order valence-electron chi connectivity index (χ2n) is 3.86. The molecule has 3 aromatic rings. The molecule has 0 saturated heterocycles. The first-order valence-electron chi connectivity index (χ1n) is 5.53. The first kappa shape index (κ1) is 9.90. The fourth-order valence-electron chi connectivity index (χ4n) is 1.76. The molecule has 3 nitrogen and oxygen atoms in total. The van der Waals surface area contributed by atoms with Crippen LogP contribution in [0.1, 0.15) is 5.56 Å². The molecular formula is C14H12N2O. The number of pyridine rings is 1. The van der Waals surface area contributed by atoms with Crippen LogP contribution in [0.5, 0.6) is 0 Å². The summed E-state index contributed by atoms with van der Waals surface area (Å²) in [5.41, 5.74) is 2.04. The van der Waals surface area contributed by atoms with Crippen LogP contribution in [0, 0.1) is 0 Å². The van der Waals surface area contributed by atoms with Crippen molar-refractivity contribution >= 4 is 16.9 Å². The summed E-state index contributed by atoms with van der Waals surface area (Å²) in [5.74, 6) is 0.787. The van der Waals surface area contributed by atoms with Crippen molar-refractivity contribution in [2.75, 3.05) is 5.32 Å². The van der Waals surface area contributed by atoms with E-state index in [-0.39, 0.29) is 0 Å². The third-order valence-electron chi connectivity index (χ3n) is 2.62. The number of rotatable bonds is 3. The van der Waals surface area contributed by atoms with Crippen LogP contribution in [0.3, 0.4) is 0 Å². The summed E-state index contributed by atoms with van der Waals surface area (Å²) in [4.78, 5) is 4.07. The minimum atomic E-state index is 0.716. The van der Waals surface area contributed by atoms with Crippen molar-refractivity contribution in [2.24, 2.45) is 0 Å². The van der Waals surface area contributed by atoms with E-state index in [2.05, 4.69) is 10.3 Å². The van der Waals surface area contributed by atoms with Gasteiger partial charge in [0.25, 0.3) is 0 Å². The van der Waals surface area contributed by atoms with E-state index in [4.69, 9.17) is 4.42 Å². The lowest BCUT2D eigenvalue weighted by molar-refractivity contribution is 0.626. The van der Waals surface area contributed by atoms with Crippen molar-refractivity contribution < 1.29 is 4.42 Å². The normalized spacial score (nSPS) is 10.6. The number of anilines is 1. The molecule has 0 aliphatic heterocycles. The second kappa shape index (κ2) is 4.29. The van der Waals surface area contributed by atoms with Crippen LogP contribution in [0.25, 0.3) is 11.0 Å². The van der Waals surface area contributed by atoms with Crippen molar-refractivity contribution in [1.29, 1.82) is 0 Å². The van der Waals surface area contributed by atoms with Gasteiger partial charge in [-0.15, -0.1) is 0 Å². The van der Waals surface area contributed by atoms with E-state index in [0.717, 1.165) is 22.4 Å². The Labute approximate surface area is 99.1 Å². The molecule has 0 saturated carbocycles. The molecular weight excluding hydrogens is 212 g/mol. The van der Waals surface area contributed by atoms with Crippen LogP contribution < -0.4 is 5.32 Å². The molecule has 0 amide bonds. The van der Waals surface area contributed by atoms with E-state index in [1.165, 1.54) is 0 Å². The van der Waals surface area contributed by atoms with Gasteiger partial charge in [-0.1, -0.05) is 24.3 Å². The number of fused-ring (bicyclic) bond motifs is 1. The molecule has 3 heteroatoms. The highest BCUT2D eigenvalue weighted by Crippen LogP contribution is 2.22. The molecule has 0 unspecified atom stereocenters. The molecule has 3 rings (SSSR count). The van der Waals surface area contributed by atoms with Crippen molar-refractivity contribution in [3.63, 3.8) is 0 Å². The zero-order valence-electron chi connectivity index (χ0n) is 9.26. The fourth-order valence-corrected chi connectivity index (χ4v) is 1.76. The van der Waals surface area contributed by atoms with Crippen LogP contribution >= 0.6 is 0 Å². The molecule has 2 heterocycles. The van der Waals surface area contributed by atoms with Crippen LogP contribution in [-0.4, -0.2) is 4.98 Å². The predicted molar refractivity (Wildman–Crippen MR) is 67.8 cm³/mol. The van der Waals surface area contributed by atoms with Crippen molar-refractivity contribution in [3.05, 3.63) is 60.4 Å². The summed E-state index contributed by atoms with van der Waals surface area (Å²) in [6, 6.07) is 13.9. The number of para-hydroxylation sites is 1. The molecule has 1 N–H and O–H groups in total. The van der Waals surface area contributed by atoms with E-state index < -0.39 is 0 Å². The molecule has 84 valence electrons. The minimum absolute atomic E-state index is 0.716. The van der Waals surface area contributed by atoms with Gasteiger partial charge in [0.2, 0.25) is 0 Å². The number of furan rings is 1. The standard InChI is InChI=1S/C14H12N2O/c1-2-6-13-12(5-1)8-14(17-13)16-10-11-4-3-7-15-9-11/h1-9,16H,10H2. The Kier molecular flexibility index (Phi) is 2.50. The Balaban J connectivity index is 1.77. The summed E-state index contributed by atoms with van der Waals surface area (Å²) in [6.07, 6.45) is 3.61. The van der Waals surface area contributed by atoms with E-state index in [1.54, 1.807) is 6.20 Å². The monoisotopic (exact) mass is 224 g/mol. The molecule has 0 spiro atoms. The van der Waals surface area contributed by atoms with Crippen LogP contribution in [-0.2, 0) is 6.54 Å². The van der Waals surface area contributed by atoms with E-state index in [1.807, 2.05) is 48.7 Å². The first-order chi connectivity index (χ1) is 8.42. The van der Waals surface area contributed by atoms with Crippen LogP contribution in [0.15, 0.2) is 59.3 Å². The van der Waals surface area contributed by atoms with Gasteiger partial charge < -0.3 is 9.73 Å². The fraction of sp³-hybridized carbons (Fsp3) is 0.0714. The largest absolute Gasteiger partial charge is 0.441 e. The summed E-state index contributed by atoms with van der Waals surface area (Å²) in [7, 11) is 0. The summed E-state index contributed by atoms with van der Waals surface area (Å²) < 4.78 is 5.66. The molecule has 0 bridgehead atoms. The Morgan fingerprint density at radius 3 is 2.88 bits per heavy atom. The average Bonchev–Trinajstić information content (AvgIpc) is 2.80. The molecule has 0 aliphatic rings. The molecule has 0 radical (unpaired) electrons. The third kappa shape index (κ3) is 2.13. The van der Waals surface area contributed by atoms with Gasteiger partial charge >= 0.3 is 0 Å². The molecule has 2 aromatic heterocycles. The maximum atomic E-state index is 5.66. The Morgan fingerprint density at radius 2 is 2.06 bits per heavy atom. The second-order valence-corrected chi connectivity index (χ2v) is 3.86. The molecule has 0 aliphatic carbocycles. The van der Waals surface area contributed by atoms with Crippen molar-refractivity contribution in [1.82, 2.24) is 4.98 Å². The Bertz CT molecular complexity index is 583. The zero-order valence-corrected chi connectivity index (χ0v) is 9.26. The highest BCUT2D eigenvalue weighted by Gasteiger charge is 2.01. The lowest BCUT2D eigenvalue weighted by atomic mass is 10.2. The topological polar surface area (TPSA) is 38.1 Å². The van der Waals surface area contributed by atoms with Crippen molar-refractivity contribution in [3.8, 4) is 0 Å². The van der Waals surface area contributed by atoms with Gasteiger partial charge in [-0.3, -0.25) is 4.98 Å². The lowest BCUT2D eigenvalue weighted by Gasteiger charge is -2.01. The van der Waals surface area contributed by atoms with Crippen molar-refractivity contribution in [2.45, 2.75) is 6.54 Å². The quantitative estimate of drug-likeness (QED) is 0.740. The first-order valence-corrected chi connectivity index (χ1v) is 5.53. The predicted octanol–water partition coefficient (Wildman–Crippen LogP) is 3.44. The Morgan fingerprint density at radius 1 is 1.12 bits per heavy atom. The number of nitrogens with one attached hydrogen (secondary N) is 1. The van der Waals surface area contributed by atoms with Gasteiger partial charge in [-0.2, -0.15) is 0 Å².